The summed E-state index contributed by atoms with van der Waals surface area (Å²) in [5.41, 5.74) is -0.556. The Balaban J connectivity index is 1.88. The van der Waals surface area contributed by atoms with Crippen molar-refractivity contribution in [2.75, 3.05) is 20.8 Å². The quantitative estimate of drug-likeness (QED) is 0.328. The third-order valence-electron chi connectivity index (χ3n) is 5.35. The smallest absolute Gasteiger partial charge is 0.229 e. The first-order valence-corrected chi connectivity index (χ1v) is 9.63. The molecule has 32 heavy (non-hydrogen) atoms. The normalized spacial score (nSPS) is 25.8. The molecule has 0 aliphatic carbocycles. The molecule has 1 fully saturated rings. The summed E-state index contributed by atoms with van der Waals surface area (Å²) in [5, 5.41) is 50.1. The number of ether oxygens (including phenoxy) is 4. The van der Waals surface area contributed by atoms with Gasteiger partial charge < -0.3 is 48.9 Å². The van der Waals surface area contributed by atoms with Gasteiger partial charge in [-0.05, 0) is 12.1 Å². The van der Waals surface area contributed by atoms with Gasteiger partial charge in [-0.1, -0.05) is 6.07 Å². The monoisotopic (exact) mass is 450 g/mol. The van der Waals surface area contributed by atoms with Crippen LogP contribution in [0.4, 0.5) is 0 Å². The molecule has 1 saturated heterocycles. The Morgan fingerprint density at radius 1 is 1.00 bits per heavy atom. The average Bonchev–Trinajstić information content (AvgIpc) is 2.79. The molecular weight excluding hydrogens is 428 g/mol. The molecule has 3 aromatic rings. The molecule has 0 spiro atoms. The van der Waals surface area contributed by atoms with E-state index in [9.17, 15) is 30.3 Å². The molecule has 11 nitrogen and oxygen atoms in total. The van der Waals surface area contributed by atoms with Crippen LogP contribution in [0.5, 0.6) is 23.0 Å². The van der Waals surface area contributed by atoms with Crippen LogP contribution in [0.25, 0.3) is 21.9 Å². The molecule has 1 aliphatic heterocycles. The third-order valence-corrected chi connectivity index (χ3v) is 5.35. The minimum Gasteiger partial charge on any atom is -0.507 e. The number of aliphatic hydroxyl groups is 4. The summed E-state index contributed by atoms with van der Waals surface area (Å²) in [4.78, 5) is 13.0. The van der Waals surface area contributed by atoms with Crippen LogP contribution >= 0.6 is 0 Å². The molecule has 0 bridgehead atoms. The SMILES string of the molecule is COc1cccc2c(=O)c3c(O)cc(O[C@H]4O[C@@H](CO)[C@H](O)[C@H](O)[C@@H]4O)c(OC)c3oc12. The second-order valence-corrected chi connectivity index (χ2v) is 7.21. The van der Waals surface area contributed by atoms with Crippen molar-refractivity contribution < 1.29 is 48.9 Å². The van der Waals surface area contributed by atoms with Crippen molar-refractivity contribution in [2.45, 2.75) is 30.7 Å². The van der Waals surface area contributed by atoms with Gasteiger partial charge in [0.25, 0.3) is 0 Å². The zero-order valence-electron chi connectivity index (χ0n) is 17.1. The second kappa shape index (κ2) is 8.45. The van der Waals surface area contributed by atoms with Gasteiger partial charge in [0.05, 0.1) is 26.2 Å². The molecule has 0 radical (unpaired) electrons. The highest BCUT2D eigenvalue weighted by atomic mass is 16.7. The number of methoxy groups -OCH3 is 2. The van der Waals surface area contributed by atoms with E-state index in [1.54, 1.807) is 12.1 Å². The topological polar surface area (TPSA) is 168 Å². The molecule has 4 rings (SSSR count). The number of aromatic hydroxyl groups is 1. The molecule has 2 aromatic carbocycles. The zero-order valence-corrected chi connectivity index (χ0v) is 17.1. The molecule has 172 valence electrons. The molecule has 0 saturated carbocycles. The van der Waals surface area contributed by atoms with Crippen LogP contribution in [-0.2, 0) is 4.74 Å². The highest BCUT2D eigenvalue weighted by Crippen LogP contribution is 2.43. The van der Waals surface area contributed by atoms with E-state index < -0.39 is 48.5 Å². The Kier molecular flexibility index (Phi) is 5.84. The zero-order chi connectivity index (χ0) is 23.2. The molecule has 1 aliphatic rings. The van der Waals surface area contributed by atoms with Crippen molar-refractivity contribution in [1.82, 2.24) is 0 Å². The number of phenolic OH excluding ortho intramolecular Hbond substituents is 1. The molecule has 11 heteroatoms. The summed E-state index contributed by atoms with van der Waals surface area (Å²) >= 11 is 0. The number of hydrogen-bond acceptors (Lipinski definition) is 11. The Bertz CT molecular complexity index is 1200. The van der Waals surface area contributed by atoms with E-state index in [1.165, 1.54) is 20.3 Å². The number of benzene rings is 2. The van der Waals surface area contributed by atoms with Crippen molar-refractivity contribution in [3.63, 3.8) is 0 Å². The summed E-state index contributed by atoms with van der Waals surface area (Å²) in [7, 11) is 2.69. The average molecular weight is 450 g/mol. The van der Waals surface area contributed by atoms with Gasteiger partial charge in [0.2, 0.25) is 17.5 Å². The van der Waals surface area contributed by atoms with E-state index in [0.717, 1.165) is 6.07 Å². The summed E-state index contributed by atoms with van der Waals surface area (Å²) in [6.45, 7) is -0.647. The van der Waals surface area contributed by atoms with Crippen molar-refractivity contribution >= 4 is 21.9 Å². The molecule has 1 aromatic heterocycles. The first-order valence-electron chi connectivity index (χ1n) is 9.63. The van der Waals surface area contributed by atoms with E-state index >= 15 is 0 Å². The Morgan fingerprint density at radius 2 is 1.75 bits per heavy atom. The van der Waals surface area contributed by atoms with Crippen molar-refractivity contribution in [1.29, 1.82) is 0 Å². The number of hydrogen-bond donors (Lipinski definition) is 5. The fourth-order valence-electron chi connectivity index (χ4n) is 3.69. The standard InChI is InChI=1S/C21H22O11/c1-28-10-5-3-4-8-14(24)13-9(23)6-11(19(29-2)20(13)32-18(8)10)30-21-17(27)16(26)15(25)12(7-22)31-21/h3-6,12,15-17,21-23,25-27H,7H2,1-2H3/t12-,15-,16-,17-,21-/m0/s1. The maximum Gasteiger partial charge on any atom is 0.229 e. The summed E-state index contributed by atoms with van der Waals surface area (Å²) in [6, 6.07) is 5.80. The lowest BCUT2D eigenvalue weighted by atomic mass is 9.99. The van der Waals surface area contributed by atoms with Crippen molar-refractivity contribution in [3.8, 4) is 23.0 Å². The maximum atomic E-state index is 13.0. The van der Waals surface area contributed by atoms with Gasteiger partial charge >= 0.3 is 0 Å². The number of rotatable bonds is 5. The Labute approximate surface area is 180 Å². The molecule has 5 atom stereocenters. The summed E-state index contributed by atoms with van der Waals surface area (Å²) in [6.07, 6.45) is -7.68. The van der Waals surface area contributed by atoms with Crippen LogP contribution < -0.4 is 19.6 Å². The van der Waals surface area contributed by atoms with Crippen LogP contribution in [0, 0.1) is 0 Å². The Morgan fingerprint density at radius 3 is 2.41 bits per heavy atom. The van der Waals surface area contributed by atoms with Gasteiger partial charge in [0, 0.05) is 6.07 Å². The molecule has 2 heterocycles. The first-order chi connectivity index (χ1) is 15.3. The molecule has 0 amide bonds. The van der Waals surface area contributed by atoms with Gasteiger partial charge in [0.15, 0.2) is 22.7 Å². The number of fused-ring (bicyclic) bond motifs is 2. The van der Waals surface area contributed by atoms with Crippen LogP contribution in [0.3, 0.4) is 0 Å². The summed E-state index contributed by atoms with van der Waals surface area (Å²) < 4.78 is 27.4. The van der Waals surface area contributed by atoms with Gasteiger partial charge in [-0.15, -0.1) is 0 Å². The molecular formula is C21H22O11. The van der Waals surface area contributed by atoms with E-state index in [2.05, 4.69) is 0 Å². The van der Waals surface area contributed by atoms with E-state index in [-0.39, 0.29) is 39.2 Å². The number of aliphatic hydroxyl groups excluding tert-OH is 4. The minimum absolute atomic E-state index is 0.0975. The molecule has 0 unspecified atom stereocenters. The van der Waals surface area contributed by atoms with Gasteiger partial charge in [-0.3, -0.25) is 4.79 Å². The maximum absolute atomic E-state index is 13.0. The second-order valence-electron chi connectivity index (χ2n) is 7.21. The van der Waals surface area contributed by atoms with Crippen LogP contribution in [0.1, 0.15) is 0 Å². The first kappa shape index (κ1) is 22.1. The lowest BCUT2D eigenvalue weighted by Crippen LogP contribution is -2.60. The highest BCUT2D eigenvalue weighted by Gasteiger charge is 2.45. The van der Waals surface area contributed by atoms with Crippen LogP contribution in [-0.4, -0.2) is 77.1 Å². The lowest BCUT2D eigenvalue weighted by molar-refractivity contribution is -0.277. The van der Waals surface area contributed by atoms with Gasteiger partial charge in [0.1, 0.15) is 35.6 Å². The molecule has 5 N–H and O–H groups in total. The lowest BCUT2D eigenvalue weighted by Gasteiger charge is -2.39. The van der Waals surface area contributed by atoms with Crippen LogP contribution in [0.2, 0.25) is 0 Å². The number of phenols is 1. The summed E-state index contributed by atoms with van der Waals surface area (Å²) in [5.74, 6) is -0.485. The van der Waals surface area contributed by atoms with Crippen molar-refractivity contribution in [2.24, 2.45) is 0 Å². The van der Waals surface area contributed by atoms with Crippen molar-refractivity contribution in [3.05, 3.63) is 34.5 Å². The minimum atomic E-state index is -1.70. The van der Waals surface area contributed by atoms with Gasteiger partial charge in [-0.25, -0.2) is 0 Å². The predicted molar refractivity (Wildman–Crippen MR) is 109 cm³/mol. The fourth-order valence-corrected chi connectivity index (χ4v) is 3.69. The fraction of sp³-hybridized carbons (Fsp3) is 0.381. The number of para-hydroxylation sites is 1. The highest BCUT2D eigenvalue weighted by molar-refractivity contribution is 5.98. The van der Waals surface area contributed by atoms with E-state index in [0.29, 0.717) is 0 Å². The van der Waals surface area contributed by atoms with Gasteiger partial charge in [-0.2, -0.15) is 0 Å². The predicted octanol–water partition coefficient (Wildman–Crippen LogP) is -0.152. The van der Waals surface area contributed by atoms with E-state index in [4.69, 9.17) is 23.4 Å². The third kappa shape index (κ3) is 3.40. The largest absolute Gasteiger partial charge is 0.507 e. The van der Waals surface area contributed by atoms with E-state index in [1.807, 2.05) is 0 Å². The Hall–Kier alpha value is -3.09. The van der Waals surface area contributed by atoms with Crippen LogP contribution in [0.15, 0.2) is 33.5 Å².